The highest BCUT2D eigenvalue weighted by molar-refractivity contribution is 6.02. The Morgan fingerprint density at radius 3 is 2.19 bits per heavy atom. The van der Waals surface area contributed by atoms with Crippen molar-refractivity contribution in [1.29, 1.82) is 0 Å². The molecule has 1 saturated carbocycles. The van der Waals surface area contributed by atoms with Gasteiger partial charge in [-0.2, -0.15) is 0 Å². The van der Waals surface area contributed by atoms with Crippen LogP contribution in [0.2, 0.25) is 0 Å². The van der Waals surface area contributed by atoms with Gasteiger partial charge in [-0.15, -0.1) is 0 Å². The zero-order chi connectivity index (χ0) is 22.5. The first-order valence-corrected chi connectivity index (χ1v) is 11.9. The minimum Gasteiger partial charge on any atom is -0.478 e. The van der Waals surface area contributed by atoms with Crippen molar-refractivity contribution in [2.45, 2.75) is 44.9 Å². The first-order chi connectivity index (χ1) is 15.5. The van der Waals surface area contributed by atoms with Crippen LogP contribution in [-0.4, -0.2) is 78.5 Å². The molecular formula is C24H34N4O4. The van der Waals surface area contributed by atoms with Crippen LogP contribution in [0.5, 0.6) is 0 Å². The molecule has 0 aromatic heterocycles. The molecule has 0 radical (unpaired) electrons. The van der Waals surface area contributed by atoms with Gasteiger partial charge in [-0.3, -0.25) is 14.5 Å². The number of rotatable bonds is 6. The van der Waals surface area contributed by atoms with Crippen molar-refractivity contribution >= 4 is 29.2 Å². The SMILES string of the molecule is O=C(O)c1cc(N2CCN(CC(=O)N3CCCCCC3)CC2)ccc1NC(=O)C1CCC1. The molecule has 2 saturated heterocycles. The molecule has 0 atom stereocenters. The summed E-state index contributed by atoms with van der Waals surface area (Å²) >= 11 is 0. The molecule has 0 bridgehead atoms. The number of carboxylic acid groups (broad SMARTS) is 1. The number of nitrogens with zero attached hydrogens (tertiary/aromatic N) is 3. The van der Waals surface area contributed by atoms with E-state index in [1.54, 1.807) is 12.1 Å². The topological polar surface area (TPSA) is 93.2 Å². The van der Waals surface area contributed by atoms with Gasteiger partial charge in [0.15, 0.2) is 0 Å². The summed E-state index contributed by atoms with van der Waals surface area (Å²) in [7, 11) is 0. The highest BCUT2D eigenvalue weighted by Gasteiger charge is 2.27. The summed E-state index contributed by atoms with van der Waals surface area (Å²) in [5, 5.41) is 12.5. The number of nitrogens with one attached hydrogen (secondary N) is 1. The summed E-state index contributed by atoms with van der Waals surface area (Å²) in [6.07, 6.45) is 7.42. The molecule has 1 aromatic rings. The van der Waals surface area contributed by atoms with Gasteiger partial charge >= 0.3 is 5.97 Å². The molecule has 1 aromatic carbocycles. The van der Waals surface area contributed by atoms with Crippen LogP contribution in [0.4, 0.5) is 11.4 Å². The van der Waals surface area contributed by atoms with E-state index in [9.17, 15) is 19.5 Å². The molecule has 2 aliphatic heterocycles. The monoisotopic (exact) mass is 442 g/mol. The number of hydrogen-bond acceptors (Lipinski definition) is 5. The van der Waals surface area contributed by atoms with Crippen LogP contribution in [0, 0.1) is 5.92 Å². The van der Waals surface area contributed by atoms with Crippen molar-refractivity contribution < 1.29 is 19.5 Å². The standard InChI is InChI=1S/C24H34N4O4/c29-22(28-10-3-1-2-4-11-28)17-26-12-14-27(15-13-26)19-8-9-21(20(16-19)24(31)32)25-23(30)18-6-5-7-18/h8-9,16,18H,1-7,10-15,17H2,(H,25,30)(H,31,32). The van der Waals surface area contributed by atoms with Crippen molar-refractivity contribution in [2.75, 3.05) is 56.0 Å². The first kappa shape index (κ1) is 22.6. The lowest BCUT2D eigenvalue weighted by Crippen LogP contribution is -2.50. The summed E-state index contributed by atoms with van der Waals surface area (Å²) in [4.78, 5) is 43.1. The van der Waals surface area contributed by atoms with E-state index in [-0.39, 0.29) is 23.3 Å². The quantitative estimate of drug-likeness (QED) is 0.704. The number of carbonyl (C=O) groups is 3. The summed E-state index contributed by atoms with van der Waals surface area (Å²) in [5.74, 6) is -0.909. The predicted molar refractivity (Wildman–Crippen MR) is 123 cm³/mol. The Labute approximate surface area is 189 Å². The Kier molecular flexibility index (Phi) is 7.29. The second-order valence-corrected chi connectivity index (χ2v) is 9.21. The van der Waals surface area contributed by atoms with E-state index in [4.69, 9.17) is 0 Å². The van der Waals surface area contributed by atoms with Crippen molar-refractivity contribution in [3.8, 4) is 0 Å². The third-order valence-corrected chi connectivity index (χ3v) is 7.02. The normalized spacial score (nSPS) is 20.4. The van der Waals surface area contributed by atoms with Gasteiger partial charge in [0.1, 0.15) is 0 Å². The van der Waals surface area contributed by atoms with Crippen LogP contribution in [0.1, 0.15) is 55.3 Å². The van der Waals surface area contributed by atoms with Gasteiger partial charge < -0.3 is 20.2 Å². The summed E-state index contributed by atoms with van der Waals surface area (Å²) in [5.41, 5.74) is 1.32. The maximum Gasteiger partial charge on any atom is 0.337 e. The number of hydrogen-bond donors (Lipinski definition) is 2. The van der Waals surface area contributed by atoms with E-state index in [0.717, 1.165) is 77.1 Å². The number of carboxylic acids is 1. The molecule has 8 nitrogen and oxygen atoms in total. The third-order valence-electron chi connectivity index (χ3n) is 7.02. The number of piperazine rings is 1. The smallest absolute Gasteiger partial charge is 0.337 e. The summed E-state index contributed by atoms with van der Waals surface area (Å²) in [6.45, 7) is 5.21. The van der Waals surface area contributed by atoms with Gasteiger partial charge in [0.25, 0.3) is 0 Å². The Morgan fingerprint density at radius 1 is 0.906 bits per heavy atom. The highest BCUT2D eigenvalue weighted by atomic mass is 16.4. The van der Waals surface area contributed by atoms with Gasteiger partial charge in [0.2, 0.25) is 11.8 Å². The molecule has 32 heavy (non-hydrogen) atoms. The predicted octanol–water partition coefficient (Wildman–Crippen LogP) is 2.65. The Bertz CT molecular complexity index is 838. The zero-order valence-electron chi connectivity index (χ0n) is 18.7. The molecule has 2 N–H and O–H groups in total. The number of amides is 2. The van der Waals surface area contributed by atoms with E-state index in [2.05, 4.69) is 15.1 Å². The first-order valence-electron chi connectivity index (χ1n) is 11.9. The van der Waals surface area contributed by atoms with Crippen LogP contribution in [0.25, 0.3) is 0 Å². The molecule has 174 valence electrons. The van der Waals surface area contributed by atoms with Gasteiger partial charge in [0.05, 0.1) is 17.8 Å². The lowest BCUT2D eigenvalue weighted by atomic mass is 9.85. The number of anilines is 2. The Balaban J connectivity index is 1.33. The lowest BCUT2D eigenvalue weighted by molar-refractivity contribution is -0.132. The summed E-state index contributed by atoms with van der Waals surface area (Å²) in [6, 6.07) is 5.22. The summed E-state index contributed by atoms with van der Waals surface area (Å²) < 4.78 is 0. The molecule has 8 heteroatoms. The number of benzene rings is 1. The molecule has 4 rings (SSSR count). The van der Waals surface area contributed by atoms with E-state index in [1.807, 2.05) is 11.0 Å². The molecular weight excluding hydrogens is 408 g/mol. The molecule has 2 amide bonds. The lowest BCUT2D eigenvalue weighted by Gasteiger charge is -2.36. The Morgan fingerprint density at radius 2 is 1.59 bits per heavy atom. The minimum absolute atomic E-state index is 0.00132. The van der Waals surface area contributed by atoms with Crippen molar-refractivity contribution in [3.63, 3.8) is 0 Å². The van der Waals surface area contributed by atoms with Gasteiger partial charge in [0, 0.05) is 50.9 Å². The van der Waals surface area contributed by atoms with E-state index in [0.29, 0.717) is 12.2 Å². The van der Waals surface area contributed by atoms with Crippen LogP contribution in [0.3, 0.4) is 0 Å². The van der Waals surface area contributed by atoms with Crippen molar-refractivity contribution in [2.24, 2.45) is 5.92 Å². The average molecular weight is 443 g/mol. The van der Waals surface area contributed by atoms with E-state index >= 15 is 0 Å². The third kappa shape index (κ3) is 5.41. The van der Waals surface area contributed by atoms with Gasteiger partial charge in [-0.1, -0.05) is 19.3 Å². The number of carbonyl (C=O) groups excluding carboxylic acids is 2. The zero-order valence-corrected chi connectivity index (χ0v) is 18.7. The van der Waals surface area contributed by atoms with E-state index < -0.39 is 5.97 Å². The number of aromatic carboxylic acids is 1. The number of likely N-dealkylation sites (tertiary alicyclic amines) is 1. The van der Waals surface area contributed by atoms with Crippen LogP contribution in [-0.2, 0) is 9.59 Å². The fourth-order valence-electron chi connectivity index (χ4n) is 4.70. The molecule has 1 aliphatic carbocycles. The fourth-order valence-corrected chi connectivity index (χ4v) is 4.70. The largest absolute Gasteiger partial charge is 0.478 e. The van der Waals surface area contributed by atoms with Crippen LogP contribution in [0.15, 0.2) is 18.2 Å². The van der Waals surface area contributed by atoms with Gasteiger partial charge in [-0.05, 0) is 43.9 Å². The molecule has 3 aliphatic rings. The minimum atomic E-state index is -1.04. The maximum absolute atomic E-state index is 12.7. The van der Waals surface area contributed by atoms with Crippen LogP contribution < -0.4 is 10.2 Å². The fraction of sp³-hybridized carbons (Fsp3) is 0.625. The molecule has 0 unspecified atom stereocenters. The van der Waals surface area contributed by atoms with Crippen LogP contribution >= 0.6 is 0 Å². The van der Waals surface area contributed by atoms with Gasteiger partial charge in [-0.25, -0.2) is 4.79 Å². The molecule has 2 heterocycles. The Hall–Kier alpha value is -2.61. The molecule has 0 spiro atoms. The van der Waals surface area contributed by atoms with Crippen molar-refractivity contribution in [3.05, 3.63) is 23.8 Å². The van der Waals surface area contributed by atoms with Crippen molar-refractivity contribution in [1.82, 2.24) is 9.80 Å². The second-order valence-electron chi connectivity index (χ2n) is 9.21. The highest BCUT2D eigenvalue weighted by Crippen LogP contribution is 2.30. The maximum atomic E-state index is 12.7. The molecule has 3 fully saturated rings. The average Bonchev–Trinajstić information content (AvgIpc) is 3.03. The van der Waals surface area contributed by atoms with E-state index in [1.165, 1.54) is 12.8 Å². The second kappa shape index (κ2) is 10.3.